The summed E-state index contributed by atoms with van der Waals surface area (Å²) in [7, 11) is 0. The highest BCUT2D eigenvalue weighted by Crippen LogP contribution is 2.45. The Morgan fingerprint density at radius 2 is 2.11 bits per heavy atom. The number of thioether (sulfide) groups is 1. The lowest BCUT2D eigenvalue weighted by molar-refractivity contribution is -0.113. The summed E-state index contributed by atoms with van der Waals surface area (Å²) in [5.41, 5.74) is 3.95. The van der Waals surface area contributed by atoms with Gasteiger partial charge in [-0.1, -0.05) is 41.9 Å². The zero-order valence-electron chi connectivity index (χ0n) is 14.7. The molecule has 1 unspecified atom stereocenters. The molecule has 3 aromatic rings. The standard InChI is InChI=1S/C20H18ClN3O2S/c1-12-18-19(27-11-17(25)22-20(18)24-23-12)15-7-2-3-8-16(15)26-10-13-5-4-6-14(21)9-13/h2-9,19H,10-11H2,1H3,(H2,22,23,24,25). The third-order valence-electron chi connectivity index (χ3n) is 4.38. The van der Waals surface area contributed by atoms with E-state index >= 15 is 0 Å². The van der Waals surface area contributed by atoms with E-state index in [9.17, 15) is 4.79 Å². The first-order valence-electron chi connectivity index (χ1n) is 8.54. The smallest absolute Gasteiger partial charge is 0.235 e. The van der Waals surface area contributed by atoms with Crippen molar-refractivity contribution in [3.8, 4) is 5.75 Å². The summed E-state index contributed by atoms with van der Waals surface area (Å²) in [6, 6.07) is 15.6. The number of rotatable bonds is 4. The molecule has 2 aromatic carbocycles. The van der Waals surface area contributed by atoms with Gasteiger partial charge >= 0.3 is 0 Å². The fourth-order valence-corrected chi connectivity index (χ4v) is 4.56. The Balaban J connectivity index is 1.66. The van der Waals surface area contributed by atoms with Crippen molar-refractivity contribution in [2.45, 2.75) is 18.8 Å². The first-order chi connectivity index (χ1) is 13.1. The molecule has 27 heavy (non-hydrogen) atoms. The molecule has 1 aromatic heterocycles. The molecule has 1 amide bonds. The lowest BCUT2D eigenvalue weighted by atomic mass is 10.0. The summed E-state index contributed by atoms with van der Waals surface area (Å²) in [5.74, 6) is 1.70. The van der Waals surface area contributed by atoms with E-state index in [0.717, 1.165) is 28.1 Å². The van der Waals surface area contributed by atoms with E-state index in [2.05, 4.69) is 15.5 Å². The summed E-state index contributed by atoms with van der Waals surface area (Å²) in [4.78, 5) is 12.0. The minimum Gasteiger partial charge on any atom is -0.489 e. The zero-order valence-corrected chi connectivity index (χ0v) is 16.2. The van der Waals surface area contributed by atoms with Crippen LogP contribution in [0.4, 0.5) is 5.82 Å². The monoisotopic (exact) mass is 399 g/mol. The first kappa shape index (κ1) is 17.9. The number of hydrogen-bond acceptors (Lipinski definition) is 4. The average molecular weight is 400 g/mol. The van der Waals surface area contributed by atoms with Gasteiger partial charge in [-0.05, 0) is 30.7 Å². The Morgan fingerprint density at radius 3 is 2.96 bits per heavy atom. The number of amides is 1. The maximum atomic E-state index is 12.0. The number of carbonyl (C=O) groups excluding carboxylic acids is 1. The molecule has 0 spiro atoms. The van der Waals surface area contributed by atoms with E-state index in [4.69, 9.17) is 16.3 Å². The number of halogens is 1. The van der Waals surface area contributed by atoms with Gasteiger partial charge in [0, 0.05) is 21.8 Å². The van der Waals surface area contributed by atoms with E-state index in [0.29, 0.717) is 23.2 Å². The second kappa shape index (κ2) is 7.66. The van der Waals surface area contributed by atoms with Gasteiger partial charge in [-0.15, -0.1) is 11.8 Å². The summed E-state index contributed by atoms with van der Waals surface area (Å²) in [6.07, 6.45) is 0. The first-order valence-corrected chi connectivity index (χ1v) is 9.97. The second-order valence-electron chi connectivity index (χ2n) is 6.31. The SMILES string of the molecule is Cc1[nH]nc2c1C(c1ccccc1OCc1cccc(Cl)c1)SCC(=O)N2. The van der Waals surface area contributed by atoms with Gasteiger partial charge in [0.05, 0.1) is 11.0 Å². The molecular formula is C20H18ClN3O2S. The highest BCUT2D eigenvalue weighted by molar-refractivity contribution is 8.00. The fourth-order valence-electron chi connectivity index (χ4n) is 3.13. The molecule has 0 bridgehead atoms. The number of anilines is 1. The van der Waals surface area contributed by atoms with Gasteiger partial charge < -0.3 is 10.1 Å². The number of H-pyrrole nitrogens is 1. The van der Waals surface area contributed by atoms with Crippen molar-refractivity contribution in [3.05, 3.63) is 75.9 Å². The van der Waals surface area contributed by atoms with Crippen LogP contribution in [0.3, 0.4) is 0 Å². The topological polar surface area (TPSA) is 67.0 Å². The summed E-state index contributed by atoms with van der Waals surface area (Å²) in [6.45, 7) is 2.38. The minimum atomic E-state index is -0.0485. The number of hydrogen-bond donors (Lipinski definition) is 2. The number of para-hydroxylation sites is 1. The molecule has 0 saturated heterocycles. The summed E-state index contributed by atoms with van der Waals surface area (Å²) < 4.78 is 6.12. The molecular weight excluding hydrogens is 382 g/mol. The van der Waals surface area contributed by atoms with Crippen molar-refractivity contribution >= 4 is 35.1 Å². The van der Waals surface area contributed by atoms with Gasteiger partial charge in [-0.25, -0.2) is 0 Å². The van der Waals surface area contributed by atoms with Crippen molar-refractivity contribution < 1.29 is 9.53 Å². The van der Waals surface area contributed by atoms with Crippen LogP contribution in [-0.4, -0.2) is 21.9 Å². The number of benzene rings is 2. The Hall–Kier alpha value is -2.44. The van der Waals surface area contributed by atoms with Crippen molar-refractivity contribution in [1.82, 2.24) is 10.2 Å². The molecule has 0 radical (unpaired) electrons. The normalized spacial score (nSPS) is 16.4. The molecule has 2 N–H and O–H groups in total. The highest BCUT2D eigenvalue weighted by atomic mass is 35.5. The van der Waals surface area contributed by atoms with Crippen LogP contribution >= 0.6 is 23.4 Å². The van der Waals surface area contributed by atoms with Crippen LogP contribution in [0.2, 0.25) is 5.02 Å². The molecule has 4 rings (SSSR count). The average Bonchev–Trinajstić information content (AvgIpc) is 2.92. The molecule has 1 atom stereocenters. The van der Waals surface area contributed by atoms with Gasteiger partial charge in [0.15, 0.2) is 5.82 Å². The number of carbonyl (C=O) groups is 1. The molecule has 0 aliphatic carbocycles. The van der Waals surface area contributed by atoms with Gasteiger partial charge in [0.25, 0.3) is 0 Å². The number of aryl methyl sites for hydroxylation is 1. The quantitative estimate of drug-likeness (QED) is 0.665. The van der Waals surface area contributed by atoms with Crippen molar-refractivity contribution in [2.75, 3.05) is 11.1 Å². The van der Waals surface area contributed by atoms with E-state index in [1.165, 1.54) is 0 Å². The lowest BCUT2D eigenvalue weighted by Crippen LogP contribution is -2.12. The Labute approximate surface area is 166 Å². The largest absolute Gasteiger partial charge is 0.489 e. The van der Waals surface area contributed by atoms with Crippen LogP contribution in [0.15, 0.2) is 48.5 Å². The highest BCUT2D eigenvalue weighted by Gasteiger charge is 2.29. The molecule has 1 aliphatic rings. The number of nitrogens with one attached hydrogen (secondary N) is 2. The molecule has 138 valence electrons. The van der Waals surface area contributed by atoms with E-state index < -0.39 is 0 Å². The van der Waals surface area contributed by atoms with Crippen molar-refractivity contribution in [2.24, 2.45) is 0 Å². The van der Waals surface area contributed by atoms with E-state index in [-0.39, 0.29) is 11.2 Å². The fraction of sp³-hybridized carbons (Fsp3) is 0.200. The van der Waals surface area contributed by atoms with E-state index in [1.54, 1.807) is 11.8 Å². The number of nitrogens with zero attached hydrogens (tertiary/aromatic N) is 1. The predicted molar refractivity (Wildman–Crippen MR) is 108 cm³/mol. The zero-order chi connectivity index (χ0) is 18.8. The van der Waals surface area contributed by atoms with Gasteiger partial charge in [-0.2, -0.15) is 5.10 Å². The lowest BCUT2D eigenvalue weighted by Gasteiger charge is -2.19. The minimum absolute atomic E-state index is 0.0479. The molecule has 2 heterocycles. The van der Waals surface area contributed by atoms with Gasteiger partial charge in [0.1, 0.15) is 12.4 Å². The van der Waals surface area contributed by atoms with E-state index in [1.807, 2.05) is 55.5 Å². The third kappa shape index (κ3) is 3.82. The molecule has 5 nitrogen and oxygen atoms in total. The molecule has 7 heteroatoms. The maximum absolute atomic E-state index is 12.0. The van der Waals surface area contributed by atoms with Crippen LogP contribution < -0.4 is 10.1 Å². The third-order valence-corrected chi connectivity index (χ3v) is 5.87. The van der Waals surface area contributed by atoms with Gasteiger partial charge in [-0.3, -0.25) is 9.89 Å². The van der Waals surface area contributed by atoms with Crippen LogP contribution in [-0.2, 0) is 11.4 Å². The van der Waals surface area contributed by atoms with Crippen molar-refractivity contribution in [3.63, 3.8) is 0 Å². The molecule has 1 aliphatic heterocycles. The van der Waals surface area contributed by atoms with Crippen LogP contribution in [0.5, 0.6) is 5.75 Å². The Kier molecular flexibility index (Phi) is 5.09. The molecule has 0 fully saturated rings. The Bertz CT molecular complexity index is 989. The van der Waals surface area contributed by atoms with Gasteiger partial charge in [0.2, 0.25) is 5.91 Å². The van der Waals surface area contributed by atoms with Crippen molar-refractivity contribution in [1.29, 1.82) is 0 Å². The molecule has 0 saturated carbocycles. The van der Waals surface area contributed by atoms with Crippen LogP contribution in [0.25, 0.3) is 0 Å². The number of aromatic nitrogens is 2. The maximum Gasteiger partial charge on any atom is 0.235 e. The summed E-state index contributed by atoms with van der Waals surface area (Å²) in [5, 5.41) is 10.7. The van der Waals surface area contributed by atoms with Crippen LogP contribution in [0, 0.1) is 6.92 Å². The predicted octanol–water partition coefficient (Wildman–Crippen LogP) is 4.73. The number of ether oxygens (including phenoxy) is 1. The Morgan fingerprint density at radius 1 is 1.26 bits per heavy atom. The second-order valence-corrected chi connectivity index (χ2v) is 7.84. The summed E-state index contributed by atoms with van der Waals surface area (Å²) >= 11 is 7.64. The number of fused-ring (bicyclic) bond motifs is 1. The van der Waals surface area contributed by atoms with Crippen LogP contribution in [0.1, 0.15) is 27.6 Å². The number of aromatic amines is 1.